The summed E-state index contributed by atoms with van der Waals surface area (Å²) in [5, 5.41) is 0. The van der Waals surface area contributed by atoms with Crippen LogP contribution in [0, 0.1) is 0 Å². The lowest BCUT2D eigenvalue weighted by Gasteiger charge is -2.01. The molecule has 0 saturated carbocycles. The second-order valence-electron chi connectivity index (χ2n) is 7.41. The van der Waals surface area contributed by atoms with E-state index in [4.69, 9.17) is 9.73 Å². The standard InChI is InChI=1S/C26H31N3O/c1-5-7-9-10-12-20-13-14-21(27-20)17-25-26(30-4)18-24(29-25)23-16-15-22(28-23)19(3)11-8-6-2/h5-6,11,13-18,27-28H,1-2,7-10,12H2,3-4H3/b19-11+,25-17-. The van der Waals surface area contributed by atoms with Crippen LogP contribution in [0.15, 0.2) is 78.2 Å². The van der Waals surface area contributed by atoms with Crippen LogP contribution in [-0.2, 0) is 11.2 Å². The molecule has 1 aliphatic heterocycles. The average Bonchev–Trinajstić information content (AvgIpc) is 3.49. The van der Waals surface area contributed by atoms with Crippen molar-refractivity contribution in [1.29, 1.82) is 0 Å². The molecule has 3 heterocycles. The van der Waals surface area contributed by atoms with Gasteiger partial charge in [-0.3, -0.25) is 0 Å². The van der Waals surface area contributed by atoms with E-state index in [9.17, 15) is 0 Å². The number of H-pyrrole nitrogens is 2. The Morgan fingerprint density at radius 1 is 1.10 bits per heavy atom. The van der Waals surface area contributed by atoms with Gasteiger partial charge in [0.05, 0.1) is 18.5 Å². The van der Waals surface area contributed by atoms with Crippen LogP contribution in [0.4, 0.5) is 0 Å². The van der Waals surface area contributed by atoms with Crippen LogP contribution in [0.3, 0.4) is 0 Å². The van der Waals surface area contributed by atoms with Crippen molar-refractivity contribution in [2.75, 3.05) is 7.11 Å². The molecule has 2 aromatic rings. The summed E-state index contributed by atoms with van der Waals surface area (Å²) >= 11 is 0. The number of unbranched alkanes of at least 4 members (excludes halogenated alkanes) is 2. The van der Waals surface area contributed by atoms with Gasteiger partial charge < -0.3 is 14.7 Å². The lowest BCUT2D eigenvalue weighted by atomic mass is 10.1. The van der Waals surface area contributed by atoms with Crippen LogP contribution in [0.2, 0.25) is 0 Å². The number of hydrogen-bond donors (Lipinski definition) is 2. The molecule has 0 atom stereocenters. The maximum Gasteiger partial charge on any atom is 0.146 e. The van der Waals surface area contributed by atoms with E-state index < -0.39 is 0 Å². The van der Waals surface area contributed by atoms with Gasteiger partial charge in [0.1, 0.15) is 11.5 Å². The molecule has 1 aliphatic rings. The van der Waals surface area contributed by atoms with Crippen LogP contribution in [0.5, 0.6) is 0 Å². The molecule has 0 fully saturated rings. The minimum absolute atomic E-state index is 0.766. The van der Waals surface area contributed by atoms with E-state index in [0.29, 0.717) is 0 Å². The van der Waals surface area contributed by atoms with Gasteiger partial charge in [0.2, 0.25) is 0 Å². The normalized spacial score (nSPS) is 15.3. The fraction of sp³-hybridized carbons (Fsp3) is 0.269. The van der Waals surface area contributed by atoms with Crippen LogP contribution in [0.1, 0.15) is 55.4 Å². The number of allylic oxidation sites excluding steroid dienone is 5. The van der Waals surface area contributed by atoms with Gasteiger partial charge >= 0.3 is 0 Å². The molecule has 0 unspecified atom stereocenters. The van der Waals surface area contributed by atoms with E-state index in [-0.39, 0.29) is 0 Å². The second-order valence-corrected chi connectivity index (χ2v) is 7.41. The van der Waals surface area contributed by atoms with Gasteiger partial charge in [-0.1, -0.05) is 18.2 Å². The van der Waals surface area contributed by atoms with Gasteiger partial charge in [0, 0.05) is 23.2 Å². The highest BCUT2D eigenvalue weighted by Gasteiger charge is 2.18. The zero-order valence-electron chi connectivity index (χ0n) is 18.0. The molecule has 0 radical (unpaired) electrons. The maximum absolute atomic E-state index is 5.57. The fourth-order valence-corrected chi connectivity index (χ4v) is 3.41. The summed E-state index contributed by atoms with van der Waals surface area (Å²) in [7, 11) is 1.68. The van der Waals surface area contributed by atoms with Crippen molar-refractivity contribution in [1.82, 2.24) is 9.97 Å². The molecular weight excluding hydrogens is 370 g/mol. The van der Waals surface area contributed by atoms with Crippen molar-refractivity contribution < 1.29 is 4.74 Å². The molecule has 0 aliphatic carbocycles. The monoisotopic (exact) mass is 401 g/mol. The van der Waals surface area contributed by atoms with E-state index in [1.807, 2.05) is 24.3 Å². The van der Waals surface area contributed by atoms with Crippen molar-refractivity contribution in [3.05, 3.63) is 96.0 Å². The van der Waals surface area contributed by atoms with Gasteiger partial charge in [-0.05, 0) is 74.9 Å². The number of aliphatic imine (C=N–C) groups is 1. The predicted octanol–water partition coefficient (Wildman–Crippen LogP) is 6.60. The van der Waals surface area contributed by atoms with Gasteiger partial charge in [0.25, 0.3) is 0 Å². The Kier molecular flexibility index (Phi) is 7.50. The number of nitrogens with one attached hydrogen (secondary N) is 2. The van der Waals surface area contributed by atoms with Crippen LogP contribution < -0.4 is 0 Å². The number of aromatic amines is 2. The van der Waals surface area contributed by atoms with Crippen molar-refractivity contribution in [3.8, 4) is 0 Å². The van der Waals surface area contributed by atoms with Crippen molar-refractivity contribution in [2.45, 2.75) is 39.0 Å². The van der Waals surface area contributed by atoms with E-state index in [1.165, 1.54) is 17.7 Å². The number of methoxy groups -OCH3 is 1. The molecule has 0 saturated heterocycles. The number of aromatic nitrogens is 2. The first-order valence-corrected chi connectivity index (χ1v) is 10.5. The summed E-state index contributed by atoms with van der Waals surface area (Å²) in [6, 6.07) is 8.38. The van der Waals surface area contributed by atoms with Crippen molar-refractivity contribution in [2.24, 2.45) is 4.99 Å². The van der Waals surface area contributed by atoms with Crippen LogP contribution in [0.25, 0.3) is 11.6 Å². The summed E-state index contributed by atoms with van der Waals surface area (Å²) in [6.07, 6.45) is 15.3. The Balaban J connectivity index is 1.75. The highest BCUT2D eigenvalue weighted by Crippen LogP contribution is 2.26. The summed E-state index contributed by atoms with van der Waals surface area (Å²) in [4.78, 5) is 11.7. The second kappa shape index (κ2) is 10.5. The van der Waals surface area contributed by atoms with Crippen molar-refractivity contribution >= 4 is 17.4 Å². The molecule has 4 heteroatoms. The van der Waals surface area contributed by atoms with E-state index >= 15 is 0 Å². The smallest absolute Gasteiger partial charge is 0.146 e. The third-order valence-electron chi connectivity index (χ3n) is 5.12. The molecule has 4 nitrogen and oxygen atoms in total. The van der Waals surface area contributed by atoms with Crippen molar-refractivity contribution in [3.63, 3.8) is 0 Å². The van der Waals surface area contributed by atoms with E-state index in [0.717, 1.165) is 59.9 Å². The third-order valence-corrected chi connectivity index (χ3v) is 5.12. The maximum atomic E-state index is 5.57. The number of rotatable bonds is 11. The van der Waals surface area contributed by atoms with Crippen LogP contribution >= 0.6 is 0 Å². The Hall–Kier alpha value is -3.27. The topological polar surface area (TPSA) is 53.2 Å². The Morgan fingerprint density at radius 2 is 1.97 bits per heavy atom. The minimum Gasteiger partial charge on any atom is -0.494 e. The zero-order valence-corrected chi connectivity index (χ0v) is 18.0. The Labute approximate surface area is 179 Å². The number of aryl methyl sites for hydroxylation is 1. The molecule has 0 amide bonds. The lowest BCUT2D eigenvalue weighted by Crippen LogP contribution is -1.94. The molecule has 0 spiro atoms. The largest absolute Gasteiger partial charge is 0.494 e. The van der Waals surface area contributed by atoms with E-state index in [2.05, 4.69) is 60.4 Å². The van der Waals surface area contributed by atoms with Gasteiger partial charge in [0.15, 0.2) is 0 Å². The van der Waals surface area contributed by atoms with Gasteiger partial charge in [-0.25, -0.2) is 4.99 Å². The first-order valence-electron chi connectivity index (χ1n) is 10.5. The number of ether oxygens (including phenoxy) is 1. The fourth-order valence-electron chi connectivity index (χ4n) is 3.41. The molecule has 0 aromatic carbocycles. The molecular formula is C26H31N3O. The SMILES string of the molecule is C=CC/C=C(\C)c1ccc(C2=N/C(=C\c3ccc(CCCCC=C)[nH]3)C(OC)=C2)[nH]1. The minimum atomic E-state index is 0.766. The first-order chi connectivity index (χ1) is 14.6. The lowest BCUT2D eigenvalue weighted by molar-refractivity contribution is 0.303. The first kappa shape index (κ1) is 21.4. The Morgan fingerprint density at radius 3 is 2.73 bits per heavy atom. The number of hydrogen-bond acceptors (Lipinski definition) is 2. The zero-order chi connectivity index (χ0) is 21.3. The predicted molar refractivity (Wildman–Crippen MR) is 127 cm³/mol. The van der Waals surface area contributed by atoms with E-state index in [1.54, 1.807) is 7.11 Å². The van der Waals surface area contributed by atoms with Gasteiger partial charge in [-0.2, -0.15) is 0 Å². The highest BCUT2D eigenvalue weighted by molar-refractivity contribution is 6.11. The Bertz CT molecular complexity index is 1010. The summed E-state index contributed by atoms with van der Waals surface area (Å²) in [5.41, 5.74) is 7.23. The molecule has 2 N–H and O–H groups in total. The molecule has 3 rings (SSSR count). The summed E-state index contributed by atoms with van der Waals surface area (Å²) in [5.74, 6) is 0.766. The summed E-state index contributed by atoms with van der Waals surface area (Å²) in [6.45, 7) is 9.64. The quantitative estimate of drug-likeness (QED) is 0.324. The van der Waals surface area contributed by atoms with Crippen LogP contribution in [-0.4, -0.2) is 22.8 Å². The number of nitrogens with zero attached hydrogens (tertiary/aromatic N) is 1. The molecule has 2 aromatic heterocycles. The molecule has 0 bridgehead atoms. The molecule has 156 valence electrons. The highest BCUT2D eigenvalue weighted by atomic mass is 16.5. The molecule has 30 heavy (non-hydrogen) atoms. The third kappa shape index (κ3) is 5.41. The average molecular weight is 402 g/mol. The summed E-state index contributed by atoms with van der Waals surface area (Å²) < 4.78 is 5.57. The van der Waals surface area contributed by atoms with Gasteiger partial charge in [-0.15, -0.1) is 13.2 Å².